The van der Waals surface area contributed by atoms with E-state index in [-0.39, 0.29) is 11.9 Å². The van der Waals surface area contributed by atoms with Gasteiger partial charge in [-0.1, -0.05) is 58.1 Å². The third-order valence-electron chi connectivity index (χ3n) is 5.92. The number of carbonyl (C=O) groups is 2. The number of ether oxygens (including phenoxy) is 1. The number of methoxy groups -OCH3 is 1. The Balaban J connectivity index is 2.42. The van der Waals surface area contributed by atoms with Crippen LogP contribution in [0.2, 0.25) is 0 Å². The zero-order chi connectivity index (χ0) is 20.3. The first-order chi connectivity index (χ1) is 12.8. The van der Waals surface area contributed by atoms with E-state index in [1.807, 2.05) is 6.92 Å². The standard InChI is InChI=1S/C23H40O4/c1-5-6-15-23(3,26)16-11-13-19-18(2)17-21(24)20(19)12-9-7-8-10-14-22(25)27-4/h11,13,18-20,26H,5-10,12,14-17H2,1-4H3/b13-11+/t18?,19-,20?,23+/m0/s1. The highest BCUT2D eigenvalue weighted by atomic mass is 16.5. The van der Waals surface area contributed by atoms with Gasteiger partial charge in [0.05, 0.1) is 12.7 Å². The van der Waals surface area contributed by atoms with E-state index < -0.39 is 5.60 Å². The Kier molecular flexibility index (Phi) is 10.9. The van der Waals surface area contributed by atoms with Crippen molar-refractivity contribution in [2.75, 3.05) is 7.11 Å². The number of allylic oxidation sites excluding steroid dienone is 1. The van der Waals surface area contributed by atoms with Gasteiger partial charge >= 0.3 is 5.97 Å². The predicted molar refractivity (Wildman–Crippen MR) is 109 cm³/mol. The molecule has 1 fully saturated rings. The van der Waals surface area contributed by atoms with Crippen molar-refractivity contribution in [3.05, 3.63) is 12.2 Å². The molecule has 1 aliphatic rings. The summed E-state index contributed by atoms with van der Waals surface area (Å²) in [5, 5.41) is 10.4. The SMILES string of the molecule is CCCC[C@@](C)(O)C/C=C/[C@H]1C(C)CC(=O)C1CCCCCCC(=O)OC. The van der Waals surface area contributed by atoms with Gasteiger partial charge < -0.3 is 9.84 Å². The number of rotatable bonds is 13. The average Bonchev–Trinajstić information content (AvgIpc) is 2.89. The van der Waals surface area contributed by atoms with Gasteiger partial charge in [-0.25, -0.2) is 0 Å². The van der Waals surface area contributed by atoms with Gasteiger partial charge in [-0.15, -0.1) is 0 Å². The van der Waals surface area contributed by atoms with E-state index in [4.69, 9.17) is 0 Å². The second-order valence-electron chi connectivity index (χ2n) is 8.59. The number of hydrogen-bond donors (Lipinski definition) is 1. The Morgan fingerprint density at radius 1 is 1.26 bits per heavy atom. The molecular formula is C23H40O4. The van der Waals surface area contributed by atoms with Crippen LogP contribution in [0.4, 0.5) is 0 Å². The number of hydrogen-bond acceptors (Lipinski definition) is 4. The van der Waals surface area contributed by atoms with Gasteiger partial charge in [0.2, 0.25) is 0 Å². The lowest BCUT2D eigenvalue weighted by molar-refractivity contribution is -0.140. The summed E-state index contributed by atoms with van der Waals surface area (Å²) in [6.07, 6.45) is 13.9. The van der Waals surface area contributed by atoms with Crippen LogP contribution in [0.25, 0.3) is 0 Å². The molecule has 0 radical (unpaired) electrons. The molecule has 1 N–H and O–H groups in total. The highest BCUT2D eigenvalue weighted by Gasteiger charge is 2.37. The van der Waals surface area contributed by atoms with Crippen LogP contribution in [0, 0.1) is 17.8 Å². The van der Waals surface area contributed by atoms with E-state index in [0.29, 0.717) is 36.9 Å². The third kappa shape index (κ3) is 9.05. The van der Waals surface area contributed by atoms with E-state index in [1.165, 1.54) is 7.11 Å². The largest absolute Gasteiger partial charge is 0.469 e. The van der Waals surface area contributed by atoms with Crippen molar-refractivity contribution in [1.82, 2.24) is 0 Å². The molecule has 27 heavy (non-hydrogen) atoms. The van der Waals surface area contributed by atoms with Gasteiger partial charge in [-0.05, 0) is 44.4 Å². The molecule has 4 heteroatoms. The summed E-state index contributed by atoms with van der Waals surface area (Å²) in [7, 11) is 1.42. The van der Waals surface area contributed by atoms with Crippen LogP contribution in [0.15, 0.2) is 12.2 Å². The summed E-state index contributed by atoms with van der Waals surface area (Å²) in [6.45, 7) is 6.21. The molecule has 156 valence electrons. The van der Waals surface area contributed by atoms with Crippen molar-refractivity contribution >= 4 is 11.8 Å². The minimum atomic E-state index is -0.645. The normalized spacial score (nSPS) is 25.1. The summed E-state index contributed by atoms with van der Waals surface area (Å²) >= 11 is 0. The molecular weight excluding hydrogens is 340 g/mol. The quantitative estimate of drug-likeness (QED) is 0.270. The molecule has 0 bridgehead atoms. The van der Waals surface area contributed by atoms with Crippen molar-refractivity contribution in [3.8, 4) is 0 Å². The third-order valence-corrected chi connectivity index (χ3v) is 5.92. The van der Waals surface area contributed by atoms with Crippen molar-refractivity contribution < 1.29 is 19.4 Å². The van der Waals surface area contributed by atoms with Gasteiger partial charge in [0, 0.05) is 18.8 Å². The van der Waals surface area contributed by atoms with E-state index in [0.717, 1.165) is 51.4 Å². The maximum atomic E-state index is 12.4. The van der Waals surface area contributed by atoms with Crippen LogP contribution in [-0.4, -0.2) is 29.6 Å². The fourth-order valence-corrected chi connectivity index (χ4v) is 4.12. The van der Waals surface area contributed by atoms with Crippen molar-refractivity contribution in [1.29, 1.82) is 0 Å². The second-order valence-corrected chi connectivity index (χ2v) is 8.59. The molecule has 0 heterocycles. The van der Waals surface area contributed by atoms with E-state index in [1.54, 1.807) is 0 Å². The lowest BCUT2D eigenvalue weighted by Crippen LogP contribution is -2.23. The number of esters is 1. The summed E-state index contributed by atoms with van der Waals surface area (Å²) in [5.41, 5.74) is -0.645. The lowest BCUT2D eigenvalue weighted by atomic mass is 9.85. The van der Waals surface area contributed by atoms with Crippen LogP contribution in [-0.2, 0) is 14.3 Å². The molecule has 1 rings (SSSR count). The first-order valence-electron chi connectivity index (χ1n) is 10.8. The van der Waals surface area contributed by atoms with Crippen LogP contribution < -0.4 is 0 Å². The van der Waals surface area contributed by atoms with E-state index in [9.17, 15) is 14.7 Å². The molecule has 2 unspecified atom stereocenters. The highest BCUT2D eigenvalue weighted by Crippen LogP contribution is 2.38. The molecule has 4 atom stereocenters. The minimum Gasteiger partial charge on any atom is -0.469 e. The Morgan fingerprint density at radius 3 is 2.63 bits per heavy atom. The Morgan fingerprint density at radius 2 is 1.96 bits per heavy atom. The number of Topliss-reactive ketones (excluding diaryl/α,β-unsaturated/α-hetero) is 1. The molecule has 0 amide bonds. The van der Waals surface area contributed by atoms with Gasteiger partial charge in [-0.2, -0.15) is 0 Å². The number of ketones is 1. The number of carbonyl (C=O) groups excluding carboxylic acids is 2. The zero-order valence-electron chi connectivity index (χ0n) is 17.8. The lowest BCUT2D eigenvalue weighted by Gasteiger charge is -2.22. The maximum absolute atomic E-state index is 12.4. The van der Waals surface area contributed by atoms with Gasteiger partial charge in [0.25, 0.3) is 0 Å². The number of unbranched alkanes of at least 4 members (excludes halogenated alkanes) is 4. The van der Waals surface area contributed by atoms with Gasteiger partial charge in [-0.3, -0.25) is 9.59 Å². The van der Waals surface area contributed by atoms with Gasteiger partial charge in [0.1, 0.15) is 5.78 Å². The minimum absolute atomic E-state index is 0.123. The Hall–Kier alpha value is -1.16. The zero-order valence-corrected chi connectivity index (χ0v) is 17.8. The fourth-order valence-electron chi connectivity index (χ4n) is 4.12. The van der Waals surface area contributed by atoms with E-state index in [2.05, 4.69) is 30.7 Å². The monoisotopic (exact) mass is 380 g/mol. The fraction of sp³-hybridized carbons (Fsp3) is 0.826. The predicted octanol–water partition coefficient (Wildman–Crippen LogP) is 5.23. The summed E-state index contributed by atoms with van der Waals surface area (Å²) in [5.74, 6) is 1.06. The van der Waals surface area contributed by atoms with Crippen molar-refractivity contribution in [2.24, 2.45) is 17.8 Å². The molecule has 0 saturated heterocycles. The van der Waals surface area contributed by atoms with Gasteiger partial charge in [0.15, 0.2) is 0 Å². The summed E-state index contributed by atoms with van der Waals surface area (Å²) in [4.78, 5) is 23.5. The van der Waals surface area contributed by atoms with Crippen LogP contribution >= 0.6 is 0 Å². The molecule has 4 nitrogen and oxygen atoms in total. The highest BCUT2D eigenvalue weighted by molar-refractivity contribution is 5.84. The molecule has 1 aliphatic carbocycles. The molecule has 1 saturated carbocycles. The first kappa shape index (κ1) is 23.9. The van der Waals surface area contributed by atoms with Crippen molar-refractivity contribution in [3.63, 3.8) is 0 Å². The Bertz CT molecular complexity index is 481. The van der Waals surface area contributed by atoms with E-state index >= 15 is 0 Å². The average molecular weight is 381 g/mol. The van der Waals surface area contributed by atoms with Crippen LogP contribution in [0.5, 0.6) is 0 Å². The maximum Gasteiger partial charge on any atom is 0.305 e. The molecule has 0 aromatic heterocycles. The molecule has 0 aliphatic heterocycles. The van der Waals surface area contributed by atoms with Crippen molar-refractivity contribution in [2.45, 2.75) is 97.0 Å². The number of aliphatic hydroxyl groups is 1. The molecule has 0 spiro atoms. The molecule has 0 aromatic rings. The first-order valence-corrected chi connectivity index (χ1v) is 10.8. The Labute approximate surface area is 165 Å². The van der Waals surface area contributed by atoms with Crippen LogP contribution in [0.1, 0.15) is 91.4 Å². The topological polar surface area (TPSA) is 63.6 Å². The summed E-state index contributed by atoms with van der Waals surface area (Å²) in [6, 6.07) is 0. The smallest absolute Gasteiger partial charge is 0.305 e. The van der Waals surface area contributed by atoms with Crippen LogP contribution in [0.3, 0.4) is 0 Å². The summed E-state index contributed by atoms with van der Waals surface area (Å²) < 4.78 is 4.65. The molecule has 0 aromatic carbocycles. The second kappa shape index (κ2) is 12.3.